The first kappa shape index (κ1) is 20.1. The summed E-state index contributed by atoms with van der Waals surface area (Å²) in [6.07, 6.45) is 5.63. The molecule has 27 heavy (non-hydrogen) atoms. The molecule has 0 aromatic heterocycles. The van der Waals surface area contributed by atoms with E-state index in [1.54, 1.807) is 12.1 Å². The Hall–Kier alpha value is -1.66. The largest absolute Gasteiger partial charge is 0.379 e. The fourth-order valence-corrected chi connectivity index (χ4v) is 3.69. The minimum atomic E-state index is -0.182. The van der Waals surface area contributed by atoms with Crippen molar-refractivity contribution in [2.75, 3.05) is 39.5 Å². The molecule has 0 radical (unpaired) electrons. The number of guanidine groups is 1. The molecule has 1 aliphatic carbocycles. The van der Waals surface area contributed by atoms with E-state index < -0.39 is 0 Å². The number of aliphatic imine (C=N–C) groups is 1. The highest BCUT2D eigenvalue weighted by molar-refractivity contribution is 5.79. The van der Waals surface area contributed by atoms with Crippen molar-refractivity contribution in [3.8, 4) is 0 Å². The number of hydrogen-bond donors (Lipinski definition) is 2. The molecule has 1 unspecified atom stereocenters. The summed E-state index contributed by atoms with van der Waals surface area (Å²) >= 11 is 0. The fourth-order valence-electron chi connectivity index (χ4n) is 3.69. The predicted octanol–water partition coefficient (Wildman–Crippen LogP) is 3.00. The van der Waals surface area contributed by atoms with Crippen molar-refractivity contribution in [1.29, 1.82) is 0 Å². The first-order valence-electron chi connectivity index (χ1n) is 10.2. The Morgan fingerprint density at radius 2 is 2.11 bits per heavy atom. The molecule has 150 valence electrons. The third-order valence-corrected chi connectivity index (χ3v) is 5.51. The molecule has 0 bridgehead atoms. The predicted molar refractivity (Wildman–Crippen MR) is 106 cm³/mol. The molecule has 0 spiro atoms. The highest BCUT2D eigenvalue weighted by Crippen LogP contribution is 2.44. The van der Waals surface area contributed by atoms with Crippen molar-refractivity contribution < 1.29 is 13.9 Å². The van der Waals surface area contributed by atoms with Crippen LogP contribution in [0.3, 0.4) is 0 Å². The molecule has 5 nitrogen and oxygen atoms in total. The Balaban J connectivity index is 1.47. The van der Waals surface area contributed by atoms with Crippen LogP contribution in [-0.2, 0) is 14.9 Å². The summed E-state index contributed by atoms with van der Waals surface area (Å²) in [5.74, 6) is 0.660. The van der Waals surface area contributed by atoms with E-state index >= 15 is 0 Å². The van der Waals surface area contributed by atoms with Gasteiger partial charge in [-0.3, -0.25) is 4.99 Å². The SMILES string of the molecule is CCNC(=NCC1(c2ccc(F)cc2)CCC1)NCCCOC1CCOC1. The van der Waals surface area contributed by atoms with Gasteiger partial charge >= 0.3 is 0 Å². The number of hydrogen-bond acceptors (Lipinski definition) is 3. The molecule has 2 N–H and O–H groups in total. The summed E-state index contributed by atoms with van der Waals surface area (Å²) in [5.41, 5.74) is 1.25. The lowest BCUT2D eigenvalue weighted by Gasteiger charge is -2.41. The number of rotatable bonds is 9. The smallest absolute Gasteiger partial charge is 0.191 e. The highest BCUT2D eigenvalue weighted by atomic mass is 19.1. The molecule has 1 aromatic rings. The van der Waals surface area contributed by atoms with Crippen LogP contribution >= 0.6 is 0 Å². The lowest BCUT2D eigenvalue weighted by atomic mass is 9.64. The van der Waals surface area contributed by atoms with E-state index in [-0.39, 0.29) is 17.3 Å². The lowest BCUT2D eigenvalue weighted by Crippen LogP contribution is -2.42. The van der Waals surface area contributed by atoms with Crippen molar-refractivity contribution in [3.63, 3.8) is 0 Å². The van der Waals surface area contributed by atoms with Gasteiger partial charge < -0.3 is 20.1 Å². The van der Waals surface area contributed by atoms with E-state index in [0.29, 0.717) is 0 Å². The molecule has 1 saturated carbocycles. The maximum absolute atomic E-state index is 13.2. The molecular formula is C21H32FN3O2. The number of nitrogens with zero attached hydrogens (tertiary/aromatic N) is 1. The molecule has 2 aliphatic rings. The standard InChI is InChI=1S/C21H32FN3O2/c1-2-23-20(24-12-4-13-27-19-9-14-26-15-19)25-16-21(10-3-11-21)17-5-7-18(22)8-6-17/h5-8,19H,2-4,9-16H2,1H3,(H2,23,24,25). The second-order valence-electron chi connectivity index (χ2n) is 7.47. The Labute approximate surface area is 161 Å². The van der Waals surface area contributed by atoms with Crippen LogP contribution in [0, 0.1) is 5.82 Å². The molecule has 2 fully saturated rings. The zero-order chi connectivity index (χ0) is 19.0. The summed E-state index contributed by atoms with van der Waals surface area (Å²) in [6, 6.07) is 6.93. The minimum Gasteiger partial charge on any atom is -0.379 e. The summed E-state index contributed by atoms with van der Waals surface area (Å²) in [6.45, 7) is 6.72. The van der Waals surface area contributed by atoms with E-state index in [2.05, 4.69) is 17.6 Å². The van der Waals surface area contributed by atoms with Crippen LogP contribution in [0.2, 0.25) is 0 Å². The maximum atomic E-state index is 13.2. The number of nitrogens with one attached hydrogen (secondary N) is 2. The van der Waals surface area contributed by atoms with Crippen molar-refractivity contribution in [3.05, 3.63) is 35.6 Å². The number of ether oxygens (including phenoxy) is 2. The van der Waals surface area contributed by atoms with Gasteiger partial charge in [-0.15, -0.1) is 0 Å². The summed E-state index contributed by atoms with van der Waals surface area (Å²) in [5, 5.41) is 6.71. The third kappa shape index (κ3) is 5.66. The van der Waals surface area contributed by atoms with Gasteiger partial charge in [0, 0.05) is 31.7 Å². The van der Waals surface area contributed by atoms with Crippen molar-refractivity contribution in [2.45, 2.75) is 50.5 Å². The lowest BCUT2D eigenvalue weighted by molar-refractivity contribution is 0.0420. The second-order valence-corrected chi connectivity index (χ2v) is 7.47. The van der Waals surface area contributed by atoms with Crippen LogP contribution < -0.4 is 10.6 Å². The molecule has 0 amide bonds. The zero-order valence-corrected chi connectivity index (χ0v) is 16.3. The molecule has 1 aromatic carbocycles. The quantitative estimate of drug-likeness (QED) is 0.395. The van der Waals surface area contributed by atoms with Crippen molar-refractivity contribution >= 4 is 5.96 Å². The van der Waals surface area contributed by atoms with E-state index in [1.807, 2.05) is 12.1 Å². The van der Waals surface area contributed by atoms with E-state index in [1.165, 1.54) is 12.0 Å². The maximum Gasteiger partial charge on any atom is 0.191 e. The Kier molecular flexibility index (Phi) is 7.47. The molecule has 3 rings (SSSR count). The van der Waals surface area contributed by atoms with E-state index in [9.17, 15) is 4.39 Å². The normalized spacial score (nSPS) is 21.7. The van der Waals surface area contributed by atoms with Gasteiger partial charge in [0.25, 0.3) is 0 Å². The average Bonchev–Trinajstić information content (AvgIpc) is 3.15. The van der Waals surface area contributed by atoms with Crippen LogP contribution in [0.25, 0.3) is 0 Å². The van der Waals surface area contributed by atoms with Crippen LogP contribution in [0.15, 0.2) is 29.3 Å². The monoisotopic (exact) mass is 377 g/mol. The van der Waals surface area contributed by atoms with Crippen LogP contribution in [0.4, 0.5) is 4.39 Å². The van der Waals surface area contributed by atoms with Crippen molar-refractivity contribution in [2.24, 2.45) is 4.99 Å². The van der Waals surface area contributed by atoms with Crippen molar-refractivity contribution in [1.82, 2.24) is 10.6 Å². The number of halogens is 1. The van der Waals surface area contributed by atoms with Gasteiger partial charge in [0.1, 0.15) is 5.82 Å². The molecule has 1 heterocycles. The van der Waals surface area contributed by atoms with Gasteiger partial charge in [0.2, 0.25) is 0 Å². The molecule has 1 saturated heterocycles. The molecule has 1 atom stereocenters. The minimum absolute atomic E-state index is 0.0572. The van der Waals surface area contributed by atoms with Gasteiger partial charge in [-0.2, -0.15) is 0 Å². The highest BCUT2D eigenvalue weighted by Gasteiger charge is 2.38. The topological polar surface area (TPSA) is 54.9 Å². The number of benzene rings is 1. The summed E-state index contributed by atoms with van der Waals surface area (Å²) < 4.78 is 24.4. The van der Waals surface area contributed by atoms with Gasteiger partial charge in [-0.1, -0.05) is 18.6 Å². The average molecular weight is 378 g/mol. The molecule has 6 heteroatoms. The first-order valence-corrected chi connectivity index (χ1v) is 10.2. The van der Waals surface area contributed by atoms with Crippen LogP contribution in [0.5, 0.6) is 0 Å². The van der Waals surface area contributed by atoms with Gasteiger partial charge in [0.05, 0.1) is 19.3 Å². The Morgan fingerprint density at radius 1 is 1.30 bits per heavy atom. The summed E-state index contributed by atoms with van der Waals surface area (Å²) in [4.78, 5) is 4.82. The van der Waals surface area contributed by atoms with Gasteiger partial charge in [-0.05, 0) is 50.3 Å². The van der Waals surface area contributed by atoms with Gasteiger partial charge in [-0.25, -0.2) is 4.39 Å². The summed E-state index contributed by atoms with van der Waals surface area (Å²) in [7, 11) is 0. The van der Waals surface area contributed by atoms with Crippen LogP contribution in [-0.4, -0.2) is 51.5 Å². The second kappa shape index (κ2) is 10.0. The van der Waals surface area contributed by atoms with E-state index in [4.69, 9.17) is 14.5 Å². The Morgan fingerprint density at radius 3 is 2.74 bits per heavy atom. The molecule has 1 aliphatic heterocycles. The first-order chi connectivity index (χ1) is 13.2. The van der Waals surface area contributed by atoms with E-state index in [0.717, 1.165) is 71.1 Å². The third-order valence-electron chi connectivity index (χ3n) is 5.51. The zero-order valence-electron chi connectivity index (χ0n) is 16.3. The van der Waals surface area contributed by atoms with Crippen LogP contribution in [0.1, 0.15) is 44.6 Å². The molecular weight excluding hydrogens is 345 g/mol. The van der Waals surface area contributed by atoms with Gasteiger partial charge in [0.15, 0.2) is 5.96 Å². The fraction of sp³-hybridized carbons (Fsp3) is 0.667. The Bertz CT molecular complexity index is 596.